The highest BCUT2D eigenvalue weighted by atomic mass is 16.6. The molecule has 3 rings (SSSR count). The molecule has 1 saturated carbocycles. The lowest BCUT2D eigenvalue weighted by Crippen LogP contribution is -2.43. The smallest absolute Gasteiger partial charge is 0.323 e. The van der Waals surface area contributed by atoms with Crippen molar-refractivity contribution in [3.63, 3.8) is 0 Å². The van der Waals surface area contributed by atoms with Gasteiger partial charge < -0.3 is 9.84 Å². The first-order valence-electron chi connectivity index (χ1n) is 11.0. The summed E-state index contributed by atoms with van der Waals surface area (Å²) >= 11 is 0. The lowest BCUT2D eigenvalue weighted by molar-refractivity contribution is -0.161. The van der Waals surface area contributed by atoms with E-state index in [0.29, 0.717) is 12.0 Å². The second-order valence-electron chi connectivity index (χ2n) is 9.70. The van der Waals surface area contributed by atoms with E-state index >= 15 is 0 Å². The molecule has 4 nitrogen and oxygen atoms in total. The molecule has 0 aromatic heterocycles. The zero-order valence-electron chi connectivity index (χ0n) is 17.8. The molecular weight excluding hydrogens is 350 g/mol. The van der Waals surface area contributed by atoms with Gasteiger partial charge in [0.2, 0.25) is 0 Å². The number of hydrogen-bond acceptors (Lipinski definition) is 4. The van der Waals surface area contributed by atoms with Gasteiger partial charge in [-0.2, -0.15) is 0 Å². The van der Waals surface area contributed by atoms with Crippen molar-refractivity contribution in [1.29, 1.82) is 0 Å². The van der Waals surface area contributed by atoms with Crippen LogP contribution in [0.3, 0.4) is 0 Å². The van der Waals surface area contributed by atoms with Gasteiger partial charge in [-0.1, -0.05) is 43.2 Å². The van der Waals surface area contributed by atoms with Crippen LogP contribution in [0.25, 0.3) is 0 Å². The molecule has 2 aliphatic rings. The monoisotopic (exact) mass is 387 g/mol. The molecule has 1 aromatic rings. The summed E-state index contributed by atoms with van der Waals surface area (Å²) in [5.41, 5.74) is 0.794. The van der Waals surface area contributed by atoms with Gasteiger partial charge in [0.15, 0.2) is 0 Å². The van der Waals surface area contributed by atoms with Gasteiger partial charge in [0.1, 0.15) is 11.6 Å². The number of carbonyl (C=O) groups excluding carboxylic acids is 1. The van der Waals surface area contributed by atoms with Crippen molar-refractivity contribution in [2.45, 2.75) is 102 Å². The van der Waals surface area contributed by atoms with E-state index in [-0.39, 0.29) is 18.1 Å². The number of esters is 1. The molecule has 4 heteroatoms. The van der Waals surface area contributed by atoms with E-state index in [1.54, 1.807) is 0 Å². The molecule has 1 aliphatic heterocycles. The minimum absolute atomic E-state index is 0.0842. The van der Waals surface area contributed by atoms with Crippen LogP contribution in [0.15, 0.2) is 30.3 Å². The molecule has 1 saturated heterocycles. The molecule has 156 valence electrons. The maximum Gasteiger partial charge on any atom is 0.323 e. The zero-order chi connectivity index (χ0) is 20.1. The van der Waals surface area contributed by atoms with Crippen LogP contribution >= 0.6 is 0 Å². The minimum Gasteiger partial charge on any atom is -0.459 e. The first-order chi connectivity index (χ1) is 13.3. The van der Waals surface area contributed by atoms with Crippen LogP contribution in [-0.4, -0.2) is 39.8 Å². The normalized spacial score (nSPS) is 29.0. The van der Waals surface area contributed by atoms with Crippen molar-refractivity contribution in [2.75, 3.05) is 0 Å². The molecule has 28 heavy (non-hydrogen) atoms. The third-order valence-corrected chi connectivity index (χ3v) is 6.19. The van der Waals surface area contributed by atoms with Gasteiger partial charge in [-0.3, -0.25) is 9.69 Å². The predicted molar refractivity (Wildman–Crippen MR) is 112 cm³/mol. The Bertz CT molecular complexity index is 624. The fourth-order valence-corrected chi connectivity index (χ4v) is 4.86. The molecule has 1 N–H and O–H groups in total. The Morgan fingerprint density at radius 1 is 1.11 bits per heavy atom. The van der Waals surface area contributed by atoms with Crippen LogP contribution in [0.1, 0.15) is 77.7 Å². The van der Waals surface area contributed by atoms with E-state index < -0.39 is 5.60 Å². The lowest BCUT2D eigenvalue weighted by Gasteiger charge is -2.32. The highest BCUT2D eigenvalue weighted by Crippen LogP contribution is 2.34. The van der Waals surface area contributed by atoms with Gasteiger partial charge >= 0.3 is 5.97 Å². The number of nitrogens with zero attached hydrogens (tertiary/aromatic N) is 1. The van der Waals surface area contributed by atoms with E-state index in [1.165, 1.54) is 12.0 Å². The van der Waals surface area contributed by atoms with Crippen molar-refractivity contribution >= 4 is 5.97 Å². The van der Waals surface area contributed by atoms with Gasteiger partial charge in [-0.05, 0) is 70.8 Å². The molecule has 1 unspecified atom stereocenters. The third-order valence-electron chi connectivity index (χ3n) is 6.19. The Kier molecular flexibility index (Phi) is 7.16. The van der Waals surface area contributed by atoms with Crippen LogP contribution in [0.4, 0.5) is 0 Å². The van der Waals surface area contributed by atoms with Crippen molar-refractivity contribution in [1.82, 2.24) is 4.90 Å². The fourth-order valence-electron chi connectivity index (χ4n) is 4.86. The average molecular weight is 388 g/mol. The van der Waals surface area contributed by atoms with Crippen molar-refractivity contribution in [2.24, 2.45) is 5.92 Å². The largest absolute Gasteiger partial charge is 0.459 e. The summed E-state index contributed by atoms with van der Waals surface area (Å²) < 4.78 is 5.73. The summed E-state index contributed by atoms with van der Waals surface area (Å²) in [6.45, 7) is 6.61. The Labute approximate surface area is 170 Å². The highest BCUT2D eigenvalue weighted by Gasteiger charge is 2.40. The molecule has 0 bridgehead atoms. The van der Waals surface area contributed by atoms with E-state index in [0.717, 1.165) is 51.5 Å². The second-order valence-corrected chi connectivity index (χ2v) is 9.70. The molecule has 0 amide bonds. The predicted octanol–water partition coefficient (Wildman–Crippen LogP) is 4.69. The van der Waals surface area contributed by atoms with E-state index in [9.17, 15) is 9.90 Å². The van der Waals surface area contributed by atoms with Gasteiger partial charge in [-0.15, -0.1) is 0 Å². The van der Waals surface area contributed by atoms with Gasteiger partial charge in [0.05, 0.1) is 6.10 Å². The molecular formula is C24H37NO3. The van der Waals surface area contributed by atoms with E-state index in [1.807, 2.05) is 26.8 Å². The van der Waals surface area contributed by atoms with Crippen molar-refractivity contribution in [3.05, 3.63) is 35.9 Å². The van der Waals surface area contributed by atoms with Gasteiger partial charge in [0, 0.05) is 12.6 Å². The average Bonchev–Trinajstić information content (AvgIpc) is 3.02. The number of ether oxygens (including phenoxy) is 1. The number of benzene rings is 1. The molecule has 1 aliphatic carbocycles. The number of aliphatic hydroxyl groups is 1. The summed E-state index contributed by atoms with van der Waals surface area (Å²) in [5.74, 6) is 0.543. The Balaban J connectivity index is 1.66. The van der Waals surface area contributed by atoms with Crippen molar-refractivity contribution < 1.29 is 14.6 Å². The van der Waals surface area contributed by atoms with E-state index in [4.69, 9.17) is 4.74 Å². The molecule has 0 radical (unpaired) electrons. The Morgan fingerprint density at radius 3 is 2.54 bits per heavy atom. The van der Waals surface area contributed by atoms with Crippen LogP contribution < -0.4 is 0 Å². The first kappa shape index (κ1) is 21.3. The maximum atomic E-state index is 12.9. The van der Waals surface area contributed by atoms with Gasteiger partial charge in [-0.25, -0.2) is 0 Å². The molecule has 4 atom stereocenters. The van der Waals surface area contributed by atoms with Crippen LogP contribution in [0.5, 0.6) is 0 Å². The topological polar surface area (TPSA) is 49.8 Å². The summed E-state index contributed by atoms with van der Waals surface area (Å²) in [4.78, 5) is 15.2. The Morgan fingerprint density at radius 2 is 1.86 bits per heavy atom. The number of carbonyl (C=O) groups is 1. The van der Waals surface area contributed by atoms with Crippen molar-refractivity contribution in [3.8, 4) is 0 Å². The third kappa shape index (κ3) is 6.05. The second kappa shape index (κ2) is 9.41. The number of likely N-dealkylation sites (tertiary alicyclic amines) is 1. The van der Waals surface area contributed by atoms with Crippen LogP contribution in [0, 0.1) is 5.92 Å². The van der Waals surface area contributed by atoms with Crippen LogP contribution in [0.2, 0.25) is 0 Å². The highest BCUT2D eigenvalue weighted by molar-refractivity contribution is 5.76. The summed E-state index contributed by atoms with van der Waals surface area (Å²) in [7, 11) is 0. The molecule has 0 spiro atoms. The number of aliphatic hydroxyl groups excluding tert-OH is 1. The quantitative estimate of drug-likeness (QED) is 0.719. The molecule has 1 heterocycles. The van der Waals surface area contributed by atoms with Crippen LogP contribution in [-0.2, 0) is 16.1 Å². The van der Waals surface area contributed by atoms with E-state index in [2.05, 4.69) is 29.2 Å². The number of rotatable bonds is 6. The number of hydrogen-bond donors (Lipinski definition) is 1. The molecule has 2 fully saturated rings. The Hall–Kier alpha value is -1.39. The minimum atomic E-state index is -0.453. The maximum absolute atomic E-state index is 12.9. The fraction of sp³-hybridized carbons (Fsp3) is 0.708. The standard InChI is InChI=1S/C24H37NO3/c1-24(2,3)28-23(27)22-15-14-20(13-12-18-10-7-11-21(26)16-18)25(22)17-19-8-5-4-6-9-19/h4-6,8-9,18,20-22,26H,7,10-17H2,1-3H3/t18?,20-,21-,22-/m1/s1. The lowest BCUT2D eigenvalue weighted by atomic mass is 9.83. The van der Waals surface area contributed by atoms with Gasteiger partial charge in [0.25, 0.3) is 0 Å². The first-order valence-corrected chi connectivity index (χ1v) is 11.0. The summed E-state index contributed by atoms with van der Waals surface area (Å²) in [6, 6.07) is 10.7. The molecule has 1 aromatic carbocycles. The zero-order valence-corrected chi connectivity index (χ0v) is 17.8. The SMILES string of the molecule is CC(C)(C)OC(=O)[C@H]1CC[C@@H](CCC2CCC[C@@H](O)C2)N1Cc1ccccc1. The summed E-state index contributed by atoms with van der Waals surface area (Å²) in [6.07, 6.45) is 8.34. The summed E-state index contributed by atoms with van der Waals surface area (Å²) in [5, 5.41) is 9.97.